The summed E-state index contributed by atoms with van der Waals surface area (Å²) in [6.45, 7) is 3.81. The van der Waals surface area contributed by atoms with Crippen LogP contribution in [0.25, 0.3) is 11.5 Å². The second-order valence-corrected chi connectivity index (χ2v) is 6.35. The number of hydrogen-bond donors (Lipinski definition) is 2. The smallest absolute Gasteiger partial charge is 0.226 e. The average Bonchev–Trinajstić information content (AvgIpc) is 3.06. The van der Waals surface area contributed by atoms with Gasteiger partial charge in [0.1, 0.15) is 5.76 Å². The number of aryl methyl sites for hydroxylation is 2. The van der Waals surface area contributed by atoms with E-state index in [0.29, 0.717) is 18.2 Å². The van der Waals surface area contributed by atoms with Crippen LogP contribution in [0.1, 0.15) is 37.1 Å². The number of hydrogen-bond acceptors (Lipinski definition) is 4. The Balaban J connectivity index is 0.00000208. The molecule has 6 heteroatoms. The van der Waals surface area contributed by atoms with Crippen molar-refractivity contribution < 1.29 is 9.21 Å². The van der Waals surface area contributed by atoms with E-state index in [9.17, 15) is 4.79 Å². The predicted octanol–water partition coefficient (Wildman–Crippen LogP) is 3.84. The molecule has 0 bridgehead atoms. The Labute approximate surface area is 148 Å². The Kier molecular flexibility index (Phi) is 6.02. The molecule has 130 valence electrons. The third kappa shape index (κ3) is 4.16. The van der Waals surface area contributed by atoms with Crippen LogP contribution >= 0.6 is 12.4 Å². The van der Waals surface area contributed by atoms with Crippen LogP contribution in [0, 0.1) is 19.8 Å². The number of amides is 1. The fourth-order valence-corrected chi connectivity index (χ4v) is 3.10. The second-order valence-electron chi connectivity index (χ2n) is 6.35. The Bertz CT molecular complexity index is 695. The molecule has 5 nitrogen and oxygen atoms in total. The molecule has 2 aromatic rings. The average molecular weight is 350 g/mol. The molecule has 2 atom stereocenters. The highest BCUT2D eigenvalue weighted by molar-refractivity contribution is 5.91. The van der Waals surface area contributed by atoms with Crippen molar-refractivity contribution in [3.63, 3.8) is 0 Å². The molecule has 1 fully saturated rings. The van der Waals surface area contributed by atoms with Crippen LogP contribution < -0.4 is 11.1 Å². The van der Waals surface area contributed by atoms with Crippen molar-refractivity contribution in [3.05, 3.63) is 35.7 Å². The molecule has 1 aromatic heterocycles. The quantitative estimate of drug-likeness (QED) is 0.878. The Morgan fingerprint density at radius 2 is 2.17 bits per heavy atom. The van der Waals surface area contributed by atoms with Gasteiger partial charge in [-0.1, -0.05) is 12.5 Å². The van der Waals surface area contributed by atoms with Gasteiger partial charge in [0, 0.05) is 23.7 Å². The normalized spacial score (nSPS) is 19.8. The zero-order valence-corrected chi connectivity index (χ0v) is 14.9. The molecule has 0 spiro atoms. The van der Waals surface area contributed by atoms with Gasteiger partial charge in [-0.3, -0.25) is 4.79 Å². The number of carbonyl (C=O) groups excluding carboxylic acids is 1. The molecule has 1 saturated carbocycles. The molecule has 0 radical (unpaired) electrons. The van der Waals surface area contributed by atoms with Crippen LogP contribution in [0.15, 0.2) is 28.7 Å². The first-order valence-electron chi connectivity index (χ1n) is 8.13. The third-order valence-corrected chi connectivity index (χ3v) is 4.59. The summed E-state index contributed by atoms with van der Waals surface area (Å²) in [5.74, 6) is 1.71. The fraction of sp³-hybridized carbons (Fsp3) is 0.444. The first-order chi connectivity index (χ1) is 11.0. The molecular weight excluding hydrogens is 326 g/mol. The van der Waals surface area contributed by atoms with Gasteiger partial charge in [-0.25, -0.2) is 4.98 Å². The number of aromatic nitrogens is 1. The second kappa shape index (κ2) is 7.81. The zero-order valence-electron chi connectivity index (χ0n) is 14.0. The number of nitrogens with one attached hydrogen (secondary N) is 1. The van der Waals surface area contributed by atoms with Gasteiger partial charge in [-0.15, -0.1) is 12.4 Å². The molecule has 3 rings (SSSR count). The van der Waals surface area contributed by atoms with E-state index >= 15 is 0 Å². The summed E-state index contributed by atoms with van der Waals surface area (Å²) in [6.07, 6.45) is 3.68. The molecular formula is C18H24ClN3O2. The molecule has 1 aliphatic carbocycles. The SMILES string of the molecule is Cc1nc(-c2cccc(NC(=O)C[C@@H]3CCC[C@H]3N)c2)oc1C.Cl. The maximum atomic E-state index is 12.2. The van der Waals surface area contributed by atoms with E-state index in [0.717, 1.165) is 42.0 Å². The van der Waals surface area contributed by atoms with E-state index in [-0.39, 0.29) is 24.4 Å². The maximum absolute atomic E-state index is 12.2. The maximum Gasteiger partial charge on any atom is 0.226 e. The van der Waals surface area contributed by atoms with Crippen molar-refractivity contribution >= 4 is 24.0 Å². The topological polar surface area (TPSA) is 81.2 Å². The molecule has 1 aromatic carbocycles. The number of oxazole rings is 1. The molecule has 0 aliphatic heterocycles. The minimum Gasteiger partial charge on any atom is -0.441 e. The Morgan fingerprint density at radius 3 is 2.79 bits per heavy atom. The number of anilines is 1. The zero-order chi connectivity index (χ0) is 16.4. The van der Waals surface area contributed by atoms with E-state index < -0.39 is 0 Å². The lowest BCUT2D eigenvalue weighted by Gasteiger charge is -2.14. The largest absolute Gasteiger partial charge is 0.441 e. The van der Waals surface area contributed by atoms with Gasteiger partial charge in [0.15, 0.2) is 0 Å². The van der Waals surface area contributed by atoms with Crippen molar-refractivity contribution in [2.24, 2.45) is 11.7 Å². The van der Waals surface area contributed by atoms with Crippen molar-refractivity contribution in [1.82, 2.24) is 4.98 Å². The van der Waals surface area contributed by atoms with Gasteiger partial charge in [0.25, 0.3) is 0 Å². The molecule has 1 aliphatic rings. The van der Waals surface area contributed by atoms with Gasteiger partial charge in [0.05, 0.1) is 5.69 Å². The molecule has 0 saturated heterocycles. The summed E-state index contributed by atoms with van der Waals surface area (Å²) in [7, 11) is 0. The lowest BCUT2D eigenvalue weighted by molar-refractivity contribution is -0.117. The van der Waals surface area contributed by atoms with Gasteiger partial charge in [-0.2, -0.15) is 0 Å². The first kappa shape index (κ1) is 18.5. The van der Waals surface area contributed by atoms with Crippen molar-refractivity contribution in [2.75, 3.05) is 5.32 Å². The number of halogens is 1. The summed E-state index contributed by atoms with van der Waals surface area (Å²) in [6, 6.07) is 7.73. The number of nitrogens with two attached hydrogens (primary N) is 1. The Morgan fingerprint density at radius 1 is 1.38 bits per heavy atom. The van der Waals surface area contributed by atoms with Crippen molar-refractivity contribution in [2.45, 2.75) is 45.6 Å². The summed E-state index contributed by atoms with van der Waals surface area (Å²) in [4.78, 5) is 16.6. The van der Waals surface area contributed by atoms with E-state index in [1.807, 2.05) is 38.1 Å². The highest BCUT2D eigenvalue weighted by atomic mass is 35.5. The van der Waals surface area contributed by atoms with Gasteiger partial charge >= 0.3 is 0 Å². The minimum absolute atomic E-state index is 0. The van der Waals surface area contributed by atoms with Crippen LogP contribution in [-0.4, -0.2) is 16.9 Å². The summed E-state index contributed by atoms with van der Waals surface area (Å²) < 4.78 is 5.64. The van der Waals surface area contributed by atoms with Gasteiger partial charge in [-0.05, 0) is 50.8 Å². The monoisotopic (exact) mass is 349 g/mol. The lowest BCUT2D eigenvalue weighted by Crippen LogP contribution is -2.28. The molecule has 1 amide bonds. The standard InChI is InChI=1S/C18H23N3O2.ClH/c1-11-12(2)23-18(20-11)14-6-3-7-15(9-14)21-17(22)10-13-5-4-8-16(13)19;/h3,6-7,9,13,16H,4-5,8,10,19H2,1-2H3,(H,21,22);1H/t13-,16+;/m0./s1. The lowest BCUT2D eigenvalue weighted by atomic mass is 10.00. The highest BCUT2D eigenvalue weighted by Crippen LogP contribution is 2.28. The van der Waals surface area contributed by atoms with Crippen LogP contribution in [-0.2, 0) is 4.79 Å². The van der Waals surface area contributed by atoms with Crippen LogP contribution in [0.3, 0.4) is 0 Å². The van der Waals surface area contributed by atoms with Crippen LogP contribution in [0.2, 0.25) is 0 Å². The number of benzene rings is 1. The highest BCUT2D eigenvalue weighted by Gasteiger charge is 2.26. The molecule has 3 N–H and O–H groups in total. The molecule has 24 heavy (non-hydrogen) atoms. The summed E-state index contributed by atoms with van der Waals surface area (Å²) in [5.41, 5.74) is 8.53. The molecule has 0 unspecified atom stereocenters. The van der Waals surface area contributed by atoms with E-state index in [1.54, 1.807) is 0 Å². The number of carbonyl (C=O) groups is 1. The van der Waals surface area contributed by atoms with Crippen LogP contribution in [0.4, 0.5) is 5.69 Å². The first-order valence-corrected chi connectivity index (χ1v) is 8.13. The van der Waals surface area contributed by atoms with E-state index in [1.165, 1.54) is 0 Å². The third-order valence-electron chi connectivity index (χ3n) is 4.59. The van der Waals surface area contributed by atoms with Crippen molar-refractivity contribution in [3.8, 4) is 11.5 Å². The summed E-state index contributed by atoms with van der Waals surface area (Å²) >= 11 is 0. The minimum atomic E-state index is 0. The van der Waals surface area contributed by atoms with Gasteiger partial charge < -0.3 is 15.5 Å². The number of nitrogens with zero attached hydrogens (tertiary/aromatic N) is 1. The van der Waals surface area contributed by atoms with Crippen LogP contribution in [0.5, 0.6) is 0 Å². The number of rotatable bonds is 4. The van der Waals surface area contributed by atoms with Crippen molar-refractivity contribution in [1.29, 1.82) is 0 Å². The van der Waals surface area contributed by atoms with Gasteiger partial charge in [0.2, 0.25) is 11.8 Å². The fourth-order valence-electron chi connectivity index (χ4n) is 3.10. The summed E-state index contributed by atoms with van der Waals surface area (Å²) in [5, 5.41) is 2.96. The Hall–Kier alpha value is -1.85. The molecule has 1 heterocycles. The van der Waals surface area contributed by atoms with E-state index in [4.69, 9.17) is 10.2 Å². The van der Waals surface area contributed by atoms with E-state index in [2.05, 4.69) is 10.3 Å². The predicted molar refractivity (Wildman–Crippen MR) is 97.2 cm³/mol.